The standard InChI is InChI=1S/C26H23N5OS/c1-15-7-5-9-19(11-15)25-29-31-23(27)22(24(32)28-26(31)33-25)14-20-13-17(3)30(18(20)4)21-10-6-8-16(2)12-21/h5-14,27H,1-4H3. The number of hydrazone groups is 1. The maximum absolute atomic E-state index is 12.9. The minimum atomic E-state index is -0.417. The summed E-state index contributed by atoms with van der Waals surface area (Å²) >= 11 is 1.31. The van der Waals surface area contributed by atoms with Gasteiger partial charge in [-0.15, -0.1) is 0 Å². The fraction of sp³-hybridized carbons (Fsp3) is 0.154. The van der Waals surface area contributed by atoms with Crippen LogP contribution in [-0.2, 0) is 4.79 Å². The lowest BCUT2D eigenvalue weighted by Crippen LogP contribution is -2.35. The van der Waals surface area contributed by atoms with Gasteiger partial charge in [-0.05, 0) is 80.9 Å². The molecule has 1 aromatic heterocycles. The molecule has 0 fully saturated rings. The number of nitrogens with zero attached hydrogens (tertiary/aromatic N) is 4. The van der Waals surface area contributed by atoms with Gasteiger partial charge in [-0.25, -0.2) is 0 Å². The smallest absolute Gasteiger partial charge is 0.283 e. The minimum absolute atomic E-state index is 0.0421. The summed E-state index contributed by atoms with van der Waals surface area (Å²) in [6.45, 7) is 8.15. The Bertz CT molecular complexity index is 1430. The van der Waals surface area contributed by atoms with Crippen LogP contribution in [0.4, 0.5) is 0 Å². The van der Waals surface area contributed by atoms with Gasteiger partial charge in [0.25, 0.3) is 5.91 Å². The number of hydrogen-bond donors (Lipinski definition) is 1. The number of carbonyl (C=O) groups is 1. The zero-order chi connectivity index (χ0) is 23.3. The van der Waals surface area contributed by atoms with E-state index >= 15 is 0 Å². The summed E-state index contributed by atoms with van der Waals surface area (Å²) in [6, 6.07) is 18.3. The van der Waals surface area contributed by atoms with Crippen LogP contribution in [0.5, 0.6) is 0 Å². The number of amidine groups is 2. The SMILES string of the molecule is Cc1cccc(C2=NN3C(=N)C(=Cc4cc(C)n(-c5cccc(C)c5)c4C)C(=O)N=C3S2)c1. The number of benzene rings is 2. The van der Waals surface area contributed by atoms with Crippen molar-refractivity contribution >= 4 is 39.8 Å². The molecule has 5 rings (SSSR count). The molecule has 164 valence electrons. The van der Waals surface area contributed by atoms with Crippen LogP contribution in [-0.4, -0.2) is 31.5 Å². The molecule has 2 aliphatic rings. The highest BCUT2D eigenvalue weighted by molar-refractivity contribution is 8.27. The number of aryl methyl sites for hydroxylation is 3. The first-order chi connectivity index (χ1) is 15.8. The third-order valence-corrected chi connectivity index (χ3v) is 6.71. The molecule has 3 aromatic rings. The average Bonchev–Trinajstić information content (AvgIpc) is 3.31. The van der Waals surface area contributed by atoms with Crippen LogP contribution >= 0.6 is 11.8 Å². The summed E-state index contributed by atoms with van der Waals surface area (Å²) in [7, 11) is 0. The Kier molecular flexibility index (Phi) is 5.13. The minimum Gasteiger partial charge on any atom is -0.318 e. The van der Waals surface area contributed by atoms with Gasteiger partial charge in [0, 0.05) is 22.6 Å². The molecule has 0 saturated heterocycles. The van der Waals surface area contributed by atoms with E-state index in [1.54, 1.807) is 6.08 Å². The molecule has 0 aliphatic carbocycles. The molecule has 1 N–H and O–H groups in total. The zero-order valence-corrected chi connectivity index (χ0v) is 19.7. The molecule has 2 aliphatic heterocycles. The maximum Gasteiger partial charge on any atom is 0.283 e. The Balaban J connectivity index is 1.52. The fourth-order valence-electron chi connectivity index (χ4n) is 4.14. The Morgan fingerprint density at radius 3 is 2.42 bits per heavy atom. The Labute approximate surface area is 196 Å². The van der Waals surface area contributed by atoms with Crippen LogP contribution < -0.4 is 0 Å². The maximum atomic E-state index is 12.9. The number of fused-ring (bicyclic) bond motifs is 1. The van der Waals surface area contributed by atoms with Crippen molar-refractivity contribution in [3.63, 3.8) is 0 Å². The molecule has 0 spiro atoms. The van der Waals surface area contributed by atoms with Crippen molar-refractivity contribution in [2.24, 2.45) is 10.1 Å². The summed E-state index contributed by atoms with van der Waals surface area (Å²) in [5, 5.41) is 15.9. The molecule has 3 heterocycles. The van der Waals surface area contributed by atoms with Crippen molar-refractivity contribution in [2.45, 2.75) is 27.7 Å². The average molecular weight is 454 g/mol. The molecule has 0 bridgehead atoms. The van der Waals surface area contributed by atoms with E-state index in [0.29, 0.717) is 5.17 Å². The van der Waals surface area contributed by atoms with Crippen molar-refractivity contribution in [1.29, 1.82) is 5.41 Å². The molecular formula is C26H23N5OS. The number of amides is 1. The highest BCUT2D eigenvalue weighted by Gasteiger charge is 2.36. The van der Waals surface area contributed by atoms with Gasteiger partial charge in [-0.3, -0.25) is 10.2 Å². The molecule has 0 unspecified atom stereocenters. The van der Waals surface area contributed by atoms with Gasteiger partial charge in [0.15, 0.2) is 5.84 Å². The second-order valence-corrected chi connectivity index (χ2v) is 9.25. The van der Waals surface area contributed by atoms with E-state index < -0.39 is 5.91 Å². The predicted octanol–water partition coefficient (Wildman–Crippen LogP) is 5.38. The number of nitrogens with one attached hydrogen (secondary N) is 1. The summed E-state index contributed by atoms with van der Waals surface area (Å²) in [5.74, 6) is -0.375. The number of hydrogen-bond acceptors (Lipinski definition) is 4. The van der Waals surface area contributed by atoms with Gasteiger partial charge >= 0.3 is 0 Å². The lowest BCUT2D eigenvalue weighted by molar-refractivity contribution is -0.114. The molecule has 2 aromatic carbocycles. The van der Waals surface area contributed by atoms with E-state index in [2.05, 4.69) is 39.8 Å². The number of aromatic nitrogens is 1. The van der Waals surface area contributed by atoms with Crippen molar-refractivity contribution in [2.75, 3.05) is 0 Å². The second-order valence-electron chi connectivity index (χ2n) is 8.30. The highest BCUT2D eigenvalue weighted by atomic mass is 32.2. The molecule has 0 radical (unpaired) electrons. The van der Waals surface area contributed by atoms with Crippen molar-refractivity contribution in [3.8, 4) is 5.69 Å². The quantitative estimate of drug-likeness (QED) is 0.541. The molecular weight excluding hydrogens is 430 g/mol. The zero-order valence-electron chi connectivity index (χ0n) is 18.9. The van der Waals surface area contributed by atoms with Crippen LogP contribution in [0.1, 0.15) is 33.6 Å². The van der Waals surface area contributed by atoms with E-state index in [1.807, 2.05) is 57.2 Å². The van der Waals surface area contributed by atoms with Crippen LogP contribution in [0.25, 0.3) is 11.8 Å². The monoisotopic (exact) mass is 453 g/mol. The second kappa shape index (κ2) is 8.01. The van der Waals surface area contributed by atoms with Crippen molar-refractivity contribution < 1.29 is 4.79 Å². The predicted molar refractivity (Wildman–Crippen MR) is 135 cm³/mol. The third-order valence-electron chi connectivity index (χ3n) is 5.75. The molecule has 33 heavy (non-hydrogen) atoms. The Morgan fingerprint density at radius 2 is 1.70 bits per heavy atom. The molecule has 0 saturated carbocycles. The summed E-state index contributed by atoms with van der Waals surface area (Å²) in [5.41, 5.74) is 7.50. The van der Waals surface area contributed by atoms with E-state index in [-0.39, 0.29) is 11.4 Å². The first kappa shape index (κ1) is 21.2. The number of carbonyl (C=O) groups excluding carboxylic acids is 1. The van der Waals surface area contributed by atoms with Crippen LogP contribution in [0.15, 0.2) is 70.3 Å². The third kappa shape index (κ3) is 3.74. The van der Waals surface area contributed by atoms with Gasteiger partial charge in [0.2, 0.25) is 5.17 Å². The lowest BCUT2D eigenvalue weighted by Gasteiger charge is -2.20. The van der Waals surface area contributed by atoms with Crippen molar-refractivity contribution in [3.05, 3.63) is 93.8 Å². The van der Waals surface area contributed by atoms with E-state index in [4.69, 9.17) is 5.41 Å². The largest absolute Gasteiger partial charge is 0.318 e. The number of rotatable bonds is 3. The van der Waals surface area contributed by atoms with Gasteiger partial charge in [0.05, 0.1) is 5.57 Å². The highest BCUT2D eigenvalue weighted by Crippen LogP contribution is 2.32. The van der Waals surface area contributed by atoms with E-state index in [1.165, 1.54) is 22.3 Å². The lowest BCUT2D eigenvalue weighted by atomic mass is 10.1. The Hall–Kier alpha value is -3.71. The molecule has 0 atom stereocenters. The van der Waals surface area contributed by atoms with E-state index in [0.717, 1.165) is 38.8 Å². The van der Waals surface area contributed by atoms with Crippen LogP contribution in [0.2, 0.25) is 0 Å². The molecule has 7 heteroatoms. The van der Waals surface area contributed by atoms with Gasteiger partial charge in [-0.2, -0.15) is 15.1 Å². The Morgan fingerprint density at radius 1 is 0.970 bits per heavy atom. The first-order valence-corrected chi connectivity index (χ1v) is 11.5. The van der Waals surface area contributed by atoms with Gasteiger partial charge < -0.3 is 4.57 Å². The molecule has 6 nitrogen and oxygen atoms in total. The first-order valence-electron chi connectivity index (χ1n) is 10.6. The molecule has 1 amide bonds. The topological polar surface area (TPSA) is 73.8 Å². The van der Waals surface area contributed by atoms with Crippen LogP contribution in [0, 0.1) is 33.1 Å². The van der Waals surface area contributed by atoms with Gasteiger partial charge in [0.1, 0.15) is 5.04 Å². The number of aliphatic imine (C=N–C) groups is 1. The summed E-state index contributed by atoms with van der Waals surface area (Å²) < 4.78 is 2.16. The van der Waals surface area contributed by atoms with Gasteiger partial charge in [-0.1, -0.05) is 35.9 Å². The van der Waals surface area contributed by atoms with Crippen molar-refractivity contribution in [1.82, 2.24) is 9.58 Å². The summed E-state index contributed by atoms with van der Waals surface area (Å²) in [4.78, 5) is 17.1. The van der Waals surface area contributed by atoms with Crippen LogP contribution in [0.3, 0.4) is 0 Å². The summed E-state index contributed by atoms with van der Waals surface area (Å²) in [6.07, 6.45) is 1.75. The van der Waals surface area contributed by atoms with E-state index in [9.17, 15) is 4.79 Å². The normalized spacial score (nSPS) is 16.8. The number of thioether (sulfide) groups is 1. The fourth-order valence-corrected chi connectivity index (χ4v) is 5.03.